The number of halogens is 1. The van der Waals surface area contributed by atoms with E-state index in [-0.39, 0.29) is 24.6 Å². The van der Waals surface area contributed by atoms with Gasteiger partial charge in [-0.2, -0.15) is 0 Å². The van der Waals surface area contributed by atoms with Crippen molar-refractivity contribution in [1.29, 1.82) is 0 Å². The van der Waals surface area contributed by atoms with Gasteiger partial charge >= 0.3 is 5.97 Å². The molecule has 0 aromatic heterocycles. The topological polar surface area (TPSA) is 63.6 Å². The molecule has 0 aliphatic carbocycles. The molecule has 98 valence electrons. The van der Waals surface area contributed by atoms with E-state index in [1.54, 1.807) is 19.1 Å². The number of ketones is 1. The van der Waals surface area contributed by atoms with Gasteiger partial charge in [0.1, 0.15) is 17.5 Å². The van der Waals surface area contributed by atoms with Crippen LogP contribution in [0.4, 0.5) is 0 Å². The van der Waals surface area contributed by atoms with Crippen LogP contribution in [0.1, 0.15) is 19.4 Å². The average molecular weight is 315 g/mol. The molecule has 0 radical (unpaired) electrons. The predicted molar refractivity (Wildman–Crippen MR) is 70.3 cm³/mol. The minimum absolute atomic E-state index is 0.120. The fraction of sp³-hybridized carbons (Fsp3) is 0.385. The Balaban J connectivity index is 2.86. The third-order valence-corrected chi connectivity index (χ3v) is 3.15. The van der Waals surface area contributed by atoms with Crippen LogP contribution in [0, 0.1) is 5.92 Å². The van der Waals surface area contributed by atoms with Crippen molar-refractivity contribution >= 4 is 27.7 Å². The van der Waals surface area contributed by atoms with Crippen molar-refractivity contribution in [2.24, 2.45) is 5.92 Å². The van der Waals surface area contributed by atoms with Gasteiger partial charge in [-0.3, -0.25) is 9.59 Å². The maximum absolute atomic E-state index is 11.6. The highest BCUT2D eigenvalue weighted by molar-refractivity contribution is 9.10. The predicted octanol–water partition coefficient (Wildman–Crippen LogP) is 2.47. The SMILES string of the molecule is CCOC(=O)C(Cc1ccc(O)c(Br)c1)C(C)=O. The highest BCUT2D eigenvalue weighted by Crippen LogP contribution is 2.25. The lowest BCUT2D eigenvalue weighted by atomic mass is 9.96. The number of phenols is 1. The number of hydrogen-bond donors (Lipinski definition) is 1. The molecule has 0 fully saturated rings. The fourth-order valence-corrected chi connectivity index (χ4v) is 1.98. The Morgan fingerprint density at radius 3 is 2.61 bits per heavy atom. The first-order valence-corrected chi connectivity index (χ1v) is 6.39. The molecular weight excluding hydrogens is 300 g/mol. The molecular formula is C13H15BrO4. The minimum atomic E-state index is -0.790. The molecule has 0 spiro atoms. The summed E-state index contributed by atoms with van der Waals surface area (Å²) in [4.78, 5) is 23.1. The quantitative estimate of drug-likeness (QED) is 0.670. The second kappa shape index (κ2) is 6.54. The van der Waals surface area contributed by atoms with Gasteiger partial charge in [0.15, 0.2) is 0 Å². The first kappa shape index (κ1) is 14.7. The van der Waals surface area contributed by atoms with E-state index >= 15 is 0 Å². The molecule has 1 aromatic rings. The standard InChI is InChI=1S/C13H15BrO4/c1-3-18-13(17)10(8(2)15)6-9-4-5-12(16)11(14)7-9/h4-5,7,10,16H,3,6H2,1-2H3. The van der Waals surface area contributed by atoms with Gasteiger partial charge in [0.25, 0.3) is 0 Å². The monoisotopic (exact) mass is 314 g/mol. The van der Waals surface area contributed by atoms with Crippen LogP contribution in [0.5, 0.6) is 5.75 Å². The van der Waals surface area contributed by atoms with Crippen LogP contribution in [0.15, 0.2) is 22.7 Å². The molecule has 0 heterocycles. The summed E-state index contributed by atoms with van der Waals surface area (Å²) >= 11 is 3.19. The van der Waals surface area contributed by atoms with Crippen molar-refractivity contribution < 1.29 is 19.4 Å². The first-order valence-electron chi connectivity index (χ1n) is 5.60. The number of esters is 1. The molecule has 0 amide bonds. The zero-order valence-corrected chi connectivity index (χ0v) is 11.9. The summed E-state index contributed by atoms with van der Waals surface area (Å²) in [6, 6.07) is 4.88. The molecule has 1 rings (SSSR count). The molecule has 0 saturated heterocycles. The third-order valence-electron chi connectivity index (χ3n) is 2.51. The largest absolute Gasteiger partial charge is 0.507 e. The summed E-state index contributed by atoms with van der Waals surface area (Å²) in [6.07, 6.45) is 0.271. The Morgan fingerprint density at radius 2 is 2.11 bits per heavy atom. The van der Waals surface area contributed by atoms with Crippen LogP contribution in [0.25, 0.3) is 0 Å². The molecule has 0 bridgehead atoms. The second-order valence-electron chi connectivity index (χ2n) is 3.91. The molecule has 0 aliphatic rings. The smallest absolute Gasteiger partial charge is 0.316 e. The van der Waals surface area contributed by atoms with Crippen molar-refractivity contribution in [2.45, 2.75) is 20.3 Å². The number of phenolic OH excluding ortho intramolecular Hbond substituents is 1. The number of carbonyl (C=O) groups is 2. The fourth-order valence-electron chi connectivity index (χ4n) is 1.55. The van der Waals surface area contributed by atoms with E-state index in [1.807, 2.05) is 0 Å². The van der Waals surface area contributed by atoms with Crippen LogP contribution in [-0.2, 0) is 20.7 Å². The Kier molecular flexibility index (Phi) is 5.34. The molecule has 5 heteroatoms. The lowest BCUT2D eigenvalue weighted by molar-refractivity contribution is -0.151. The second-order valence-corrected chi connectivity index (χ2v) is 4.76. The van der Waals surface area contributed by atoms with Gasteiger partial charge in [-0.25, -0.2) is 0 Å². The third kappa shape index (κ3) is 3.84. The van der Waals surface area contributed by atoms with Gasteiger partial charge in [0.05, 0.1) is 11.1 Å². The Morgan fingerprint density at radius 1 is 1.44 bits per heavy atom. The number of benzene rings is 1. The van der Waals surface area contributed by atoms with Crippen molar-refractivity contribution in [2.75, 3.05) is 6.61 Å². The van der Waals surface area contributed by atoms with E-state index in [4.69, 9.17) is 4.74 Å². The van der Waals surface area contributed by atoms with Gasteiger partial charge in [-0.1, -0.05) is 6.07 Å². The van der Waals surface area contributed by atoms with Crippen molar-refractivity contribution in [3.05, 3.63) is 28.2 Å². The maximum Gasteiger partial charge on any atom is 0.316 e. The van der Waals surface area contributed by atoms with Gasteiger partial charge in [-0.05, 0) is 53.9 Å². The molecule has 0 saturated carbocycles. The lowest BCUT2D eigenvalue weighted by Gasteiger charge is -2.13. The highest BCUT2D eigenvalue weighted by Gasteiger charge is 2.25. The van der Waals surface area contributed by atoms with Crippen LogP contribution in [-0.4, -0.2) is 23.5 Å². The van der Waals surface area contributed by atoms with E-state index in [9.17, 15) is 14.7 Å². The van der Waals surface area contributed by atoms with Crippen molar-refractivity contribution in [3.63, 3.8) is 0 Å². The number of hydrogen-bond acceptors (Lipinski definition) is 4. The van der Waals surface area contributed by atoms with Crippen LogP contribution in [0.2, 0.25) is 0 Å². The van der Waals surface area contributed by atoms with Crippen molar-refractivity contribution in [1.82, 2.24) is 0 Å². The van der Waals surface area contributed by atoms with Gasteiger partial charge in [0, 0.05) is 0 Å². The average Bonchev–Trinajstić information content (AvgIpc) is 2.30. The summed E-state index contributed by atoms with van der Waals surface area (Å²) in [5.74, 6) is -1.40. The zero-order valence-electron chi connectivity index (χ0n) is 10.3. The van der Waals surface area contributed by atoms with E-state index in [1.165, 1.54) is 13.0 Å². The maximum atomic E-state index is 11.6. The molecule has 18 heavy (non-hydrogen) atoms. The molecule has 1 aromatic carbocycles. The number of rotatable bonds is 5. The van der Waals surface area contributed by atoms with Crippen molar-refractivity contribution in [3.8, 4) is 5.75 Å². The summed E-state index contributed by atoms with van der Waals surface area (Å²) in [5.41, 5.74) is 0.785. The van der Waals surface area contributed by atoms with Crippen LogP contribution < -0.4 is 0 Å². The zero-order chi connectivity index (χ0) is 13.7. The number of ether oxygens (including phenoxy) is 1. The molecule has 1 unspecified atom stereocenters. The summed E-state index contributed by atoms with van der Waals surface area (Å²) in [5, 5.41) is 9.37. The van der Waals surface area contributed by atoms with E-state index in [0.717, 1.165) is 5.56 Å². The number of carbonyl (C=O) groups excluding carboxylic acids is 2. The number of Topliss-reactive ketones (excluding diaryl/α,β-unsaturated/α-hetero) is 1. The van der Waals surface area contributed by atoms with E-state index < -0.39 is 11.9 Å². The minimum Gasteiger partial charge on any atom is -0.507 e. The lowest BCUT2D eigenvalue weighted by Crippen LogP contribution is -2.26. The summed E-state index contributed by atoms with van der Waals surface area (Å²) < 4.78 is 5.40. The summed E-state index contributed by atoms with van der Waals surface area (Å²) in [7, 11) is 0. The Hall–Kier alpha value is -1.36. The van der Waals surface area contributed by atoms with E-state index in [0.29, 0.717) is 4.47 Å². The van der Waals surface area contributed by atoms with Gasteiger partial charge in [0.2, 0.25) is 0 Å². The van der Waals surface area contributed by atoms with Crippen LogP contribution in [0.3, 0.4) is 0 Å². The summed E-state index contributed by atoms with van der Waals surface area (Å²) in [6.45, 7) is 3.32. The van der Waals surface area contributed by atoms with Gasteiger partial charge in [-0.15, -0.1) is 0 Å². The molecule has 4 nitrogen and oxygen atoms in total. The Bertz CT molecular complexity index is 456. The Labute approximate surface area is 114 Å². The number of aromatic hydroxyl groups is 1. The molecule has 1 N–H and O–H groups in total. The van der Waals surface area contributed by atoms with Gasteiger partial charge < -0.3 is 9.84 Å². The normalized spacial score (nSPS) is 11.9. The van der Waals surface area contributed by atoms with Crippen LogP contribution >= 0.6 is 15.9 Å². The first-order chi connectivity index (χ1) is 8.45. The highest BCUT2D eigenvalue weighted by atomic mass is 79.9. The van der Waals surface area contributed by atoms with E-state index in [2.05, 4.69) is 15.9 Å². The molecule has 0 aliphatic heterocycles. The molecule has 1 atom stereocenters.